The smallest absolute Gasteiger partial charge is 0.271 e. The number of para-hydroxylation sites is 1. The number of benzene rings is 2. The Morgan fingerprint density at radius 2 is 1.76 bits per heavy atom. The Bertz CT molecular complexity index is 1830. The van der Waals surface area contributed by atoms with Crippen molar-refractivity contribution in [2.75, 3.05) is 25.5 Å². The van der Waals surface area contributed by atoms with Gasteiger partial charge in [-0.15, -0.1) is 11.3 Å². The lowest BCUT2D eigenvalue weighted by molar-refractivity contribution is -0.116. The van der Waals surface area contributed by atoms with E-state index in [1.807, 2.05) is 55.6 Å². The molecule has 3 heterocycles. The van der Waals surface area contributed by atoms with Crippen LogP contribution in [-0.2, 0) is 11.3 Å². The number of nitrogens with zero attached hydrogens (tertiary/aromatic N) is 3. The number of nitrogens with one attached hydrogen (secondary N) is 2. The third-order valence-corrected chi connectivity index (χ3v) is 7.71. The number of carbonyl (C=O) groups excluding carboxylic acids is 2. The Kier molecular flexibility index (Phi) is 12.8. The molecule has 0 atom stereocenters. The molecule has 10 heteroatoms. The Morgan fingerprint density at radius 1 is 1.09 bits per heavy atom. The predicted molar refractivity (Wildman–Crippen MR) is 185 cm³/mol. The van der Waals surface area contributed by atoms with Crippen LogP contribution in [0.3, 0.4) is 0 Å². The van der Waals surface area contributed by atoms with Crippen LogP contribution in [0.15, 0.2) is 107 Å². The van der Waals surface area contributed by atoms with Gasteiger partial charge in [0, 0.05) is 31.1 Å². The number of amides is 2. The van der Waals surface area contributed by atoms with Gasteiger partial charge in [0.25, 0.3) is 11.5 Å². The van der Waals surface area contributed by atoms with E-state index in [4.69, 9.17) is 0 Å². The Balaban J connectivity index is 0.000000375. The fourth-order valence-corrected chi connectivity index (χ4v) is 5.23. The topological polar surface area (TPSA) is 107 Å². The molecule has 2 aromatic heterocycles. The van der Waals surface area contributed by atoms with Gasteiger partial charge in [0.05, 0.1) is 28.7 Å². The van der Waals surface area contributed by atoms with Crippen LogP contribution >= 0.6 is 11.3 Å². The fraction of sp³-hybridized carbons (Fsp3) is 0.222. The standard InChI is InChI=1S/C25H19FN4O2S.C6H10.C5H9NO/c26-17-9-7-16(8-10-17)13-30-21-5-2-1-4-19(21)23(20(12-27)24(30)31)28-18-14-29(15-18)25(32)22-6-3-11-33-22;1-4-5-6(2)3;1-4(2)5(7)6-3/h1-11,18,28H,13-15H2;4-5H,1H2,2-3H3;1H2,2-3H3,(H,6,7). The van der Waals surface area contributed by atoms with Crippen LogP contribution in [0, 0.1) is 17.1 Å². The van der Waals surface area contributed by atoms with Crippen LogP contribution in [0.5, 0.6) is 0 Å². The number of anilines is 1. The van der Waals surface area contributed by atoms with Gasteiger partial charge in [-0.05, 0) is 56.0 Å². The van der Waals surface area contributed by atoms with Crippen LogP contribution in [0.1, 0.15) is 41.6 Å². The molecule has 0 spiro atoms. The van der Waals surface area contributed by atoms with Crippen LogP contribution in [-0.4, -0.2) is 47.5 Å². The average Bonchev–Trinajstić information content (AvgIpc) is 3.56. The number of likely N-dealkylation sites (N-methyl/N-ethyl adjacent to an activating group) is 1. The van der Waals surface area contributed by atoms with E-state index < -0.39 is 5.56 Å². The monoisotopic (exact) mass is 639 g/mol. The third kappa shape index (κ3) is 9.13. The minimum absolute atomic E-state index is 0.0110. The second kappa shape index (κ2) is 16.7. The van der Waals surface area contributed by atoms with E-state index >= 15 is 0 Å². The molecular weight excluding hydrogens is 601 g/mol. The number of carbonyl (C=O) groups is 2. The van der Waals surface area contributed by atoms with Crippen LogP contribution in [0.4, 0.5) is 10.1 Å². The molecule has 0 bridgehead atoms. The lowest BCUT2D eigenvalue weighted by Crippen LogP contribution is -2.57. The van der Waals surface area contributed by atoms with Crippen molar-refractivity contribution >= 4 is 39.7 Å². The first-order chi connectivity index (χ1) is 22.0. The minimum Gasteiger partial charge on any atom is -0.377 e. The van der Waals surface area contributed by atoms with Crippen molar-refractivity contribution in [3.63, 3.8) is 0 Å². The quantitative estimate of drug-likeness (QED) is 0.177. The molecule has 1 aliphatic heterocycles. The molecule has 2 aromatic carbocycles. The summed E-state index contributed by atoms with van der Waals surface area (Å²) in [5.74, 6) is -0.455. The lowest BCUT2D eigenvalue weighted by Gasteiger charge is -2.40. The van der Waals surface area contributed by atoms with Gasteiger partial charge in [-0.3, -0.25) is 14.4 Å². The summed E-state index contributed by atoms with van der Waals surface area (Å²) in [5, 5.41) is 18.2. The van der Waals surface area contributed by atoms with Crippen molar-refractivity contribution in [2.45, 2.75) is 33.4 Å². The number of allylic oxidation sites excluding steroid dienone is 3. The number of fused-ring (bicyclic) bond motifs is 1. The minimum atomic E-state index is -0.408. The summed E-state index contributed by atoms with van der Waals surface area (Å²) in [6, 6.07) is 19.0. The molecule has 0 radical (unpaired) electrons. The maximum atomic E-state index is 13.3. The summed E-state index contributed by atoms with van der Waals surface area (Å²) in [6.45, 7) is 13.9. The zero-order valence-corrected chi connectivity index (χ0v) is 27.3. The van der Waals surface area contributed by atoms with Crippen molar-refractivity contribution in [1.29, 1.82) is 5.26 Å². The maximum absolute atomic E-state index is 13.3. The first-order valence-electron chi connectivity index (χ1n) is 14.5. The summed E-state index contributed by atoms with van der Waals surface area (Å²) < 4.78 is 14.8. The third-order valence-electron chi connectivity index (χ3n) is 6.85. The van der Waals surface area contributed by atoms with E-state index in [1.165, 1.54) is 29.0 Å². The SMILES string of the molecule is C=C(C)C(=O)NC.C=CC=C(C)C.N#Cc1c(NC2CN(C(=O)c3cccs3)C2)c2ccccc2n(Cc2ccc(F)cc2)c1=O. The van der Waals surface area contributed by atoms with Gasteiger partial charge in [0.2, 0.25) is 5.91 Å². The van der Waals surface area contributed by atoms with Gasteiger partial charge in [0.1, 0.15) is 17.4 Å². The first-order valence-corrected chi connectivity index (χ1v) is 15.4. The molecule has 46 heavy (non-hydrogen) atoms. The lowest BCUT2D eigenvalue weighted by atomic mass is 10.0. The number of likely N-dealkylation sites (tertiary alicyclic amines) is 1. The number of halogens is 1. The van der Waals surface area contributed by atoms with Crippen LogP contribution in [0.25, 0.3) is 10.9 Å². The molecule has 8 nitrogen and oxygen atoms in total. The molecule has 1 saturated heterocycles. The van der Waals surface area contributed by atoms with Gasteiger partial charge in [-0.1, -0.05) is 67.3 Å². The Morgan fingerprint density at radius 3 is 2.26 bits per heavy atom. The van der Waals surface area contributed by atoms with Crippen molar-refractivity contribution in [1.82, 2.24) is 14.8 Å². The van der Waals surface area contributed by atoms with Gasteiger partial charge in [0.15, 0.2) is 0 Å². The van der Waals surface area contributed by atoms with Crippen molar-refractivity contribution < 1.29 is 14.0 Å². The van der Waals surface area contributed by atoms with Gasteiger partial charge in [-0.25, -0.2) is 4.39 Å². The summed E-state index contributed by atoms with van der Waals surface area (Å²) in [5.41, 5.74) is 3.39. The van der Waals surface area contributed by atoms with Gasteiger partial charge in [-0.2, -0.15) is 5.26 Å². The molecular formula is C36H38FN5O3S. The van der Waals surface area contributed by atoms with E-state index in [-0.39, 0.29) is 35.8 Å². The molecule has 238 valence electrons. The molecule has 1 fully saturated rings. The molecule has 4 aromatic rings. The number of rotatable bonds is 7. The molecule has 0 unspecified atom stereocenters. The van der Waals surface area contributed by atoms with E-state index in [1.54, 1.807) is 47.7 Å². The zero-order valence-electron chi connectivity index (χ0n) is 26.5. The number of pyridine rings is 1. The molecule has 2 N–H and O–H groups in total. The van der Waals surface area contributed by atoms with Crippen LogP contribution < -0.4 is 16.2 Å². The van der Waals surface area contributed by atoms with E-state index in [2.05, 4.69) is 29.9 Å². The van der Waals surface area contributed by atoms with Gasteiger partial charge < -0.3 is 20.1 Å². The highest BCUT2D eigenvalue weighted by molar-refractivity contribution is 7.12. The van der Waals surface area contributed by atoms with E-state index in [0.717, 1.165) is 10.9 Å². The highest BCUT2D eigenvalue weighted by Gasteiger charge is 2.33. The average molecular weight is 640 g/mol. The molecule has 0 aliphatic carbocycles. The maximum Gasteiger partial charge on any atom is 0.271 e. The first kappa shape index (κ1) is 35.2. The summed E-state index contributed by atoms with van der Waals surface area (Å²) in [7, 11) is 1.58. The largest absolute Gasteiger partial charge is 0.377 e. The number of hydrogen-bond donors (Lipinski definition) is 2. The number of hydrogen-bond acceptors (Lipinski definition) is 6. The number of aromatic nitrogens is 1. The number of nitriles is 1. The Hall–Kier alpha value is -5.27. The zero-order chi connectivity index (χ0) is 33.8. The molecule has 0 saturated carbocycles. The van der Waals surface area contributed by atoms with Crippen LogP contribution in [0.2, 0.25) is 0 Å². The highest BCUT2D eigenvalue weighted by Crippen LogP contribution is 2.28. The normalized spacial score (nSPS) is 11.8. The van der Waals surface area contributed by atoms with Gasteiger partial charge >= 0.3 is 0 Å². The summed E-state index contributed by atoms with van der Waals surface area (Å²) in [6.07, 6.45) is 3.76. The Labute approximate surface area is 272 Å². The molecule has 2 amide bonds. The highest BCUT2D eigenvalue weighted by atomic mass is 32.1. The van der Waals surface area contributed by atoms with Crippen molar-refractivity contribution in [3.05, 3.63) is 135 Å². The summed E-state index contributed by atoms with van der Waals surface area (Å²) in [4.78, 5) is 38.5. The molecule has 5 rings (SSSR count). The molecule has 1 aliphatic rings. The summed E-state index contributed by atoms with van der Waals surface area (Å²) >= 11 is 1.41. The number of thiophene rings is 1. The predicted octanol–water partition coefficient (Wildman–Crippen LogP) is 6.51. The fourth-order valence-electron chi connectivity index (χ4n) is 4.53. The van der Waals surface area contributed by atoms with Crippen molar-refractivity contribution in [2.24, 2.45) is 0 Å². The van der Waals surface area contributed by atoms with E-state index in [0.29, 0.717) is 34.7 Å². The van der Waals surface area contributed by atoms with Crippen molar-refractivity contribution in [3.8, 4) is 6.07 Å². The second-order valence-electron chi connectivity index (χ2n) is 10.8. The second-order valence-corrected chi connectivity index (χ2v) is 11.7. The van der Waals surface area contributed by atoms with E-state index in [9.17, 15) is 24.0 Å².